The minimum Gasteiger partial charge on any atom is -0.357 e. The van der Waals surface area contributed by atoms with Crippen LogP contribution in [0, 0.1) is 6.92 Å². The number of amides is 2. The fourth-order valence-corrected chi connectivity index (χ4v) is 2.86. The van der Waals surface area contributed by atoms with Crippen molar-refractivity contribution in [3.63, 3.8) is 0 Å². The maximum atomic E-state index is 12.0. The van der Waals surface area contributed by atoms with Gasteiger partial charge in [-0.3, -0.25) is 0 Å². The third-order valence-electron chi connectivity index (χ3n) is 4.25. The molecule has 0 spiro atoms. The van der Waals surface area contributed by atoms with Crippen molar-refractivity contribution < 1.29 is 4.79 Å². The molecule has 0 radical (unpaired) electrons. The zero-order chi connectivity index (χ0) is 16.8. The van der Waals surface area contributed by atoms with E-state index in [0.717, 1.165) is 30.2 Å². The summed E-state index contributed by atoms with van der Waals surface area (Å²) in [5.41, 5.74) is 3.02. The van der Waals surface area contributed by atoms with Crippen LogP contribution in [-0.2, 0) is 6.54 Å². The molecule has 2 amide bonds. The minimum atomic E-state index is -0.199. The van der Waals surface area contributed by atoms with Gasteiger partial charge in [-0.25, -0.2) is 9.78 Å². The number of carbonyl (C=O) groups is 1. The number of carbonyl (C=O) groups excluding carboxylic acids is 1. The van der Waals surface area contributed by atoms with E-state index in [-0.39, 0.29) is 6.03 Å². The van der Waals surface area contributed by atoms with Crippen LogP contribution in [0.3, 0.4) is 0 Å². The summed E-state index contributed by atoms with van der Waals surface area (Å²) in [4.78, 5) is 18.8. The lowest BCUT2D eigenvalue weighted by Crippen LogP contribution is -2.31. The highest BCUT2D eigenvalue weighted by molar-refractivity contribution is 5.89. The highest BCUT2D eigenvalue weighted by atomic mass is 16.2. The fraction of sp³-hybridized carbons (Fsp3) is 0.368. The molecular formula is C19H24N4O. The zero-order valence-electron chi connectivity index (χ0n) is 14.1. The summed E-state index contributed by atoms with van der Waals surface area (Å²) in [5.74, 6) is 1.01. The highest BCUT2D eigenvalue weighted by Gasteiger charge is 2.12. The molecule has 24 heavy (non-hydrogen) atoms. The van der Waals surface area contributed by atoms with Gasteiger partial charge in [0.25, 0.3) is 0 Å². The Kier molecular flexibility index (Phi) is 5.31. The molecule has 1 aliphatic heterocycles. The smallest absolute Gasteiger partial charge is 0.319 e. The Balaban J connectivity index is 1.54. The van der Waals surface area contributed by atoms with E-state index < -0.39 is 0 Å². The van der Waals surface area contributed by atoms with Crippen LogP contribution in [-0.4, -0.2) is 24.1 Å². The van der Waals surface area contributed by atoms with Gasteiger partial charge < -0.3 is 15.5 Å². The predicted octanol–water partition coefficient (Wildman–Crippen LogP) is 3.70. The number of piperidine rings is 1. The molecule has 3 rings (SSSR count). The van der Waals surface area contributed by atoms with E-state index in [1.165, 1.54) is 24.8 Å². The molecule has 2 heterocycles. The molecule has 2 N–H and O–H groups in total. The number of nitrogens with zero attached hydrogens (tertiary/aromatic N) is 2. The SMILES string of the molecule is Cc1ccc(NC(=O)NCc2ccnc(N3CCCCC3)c2)cc1. The van der Waals surface area contributed by atoms with Gasteiger partial charge in [0, 0.05) is 31.5 Å². The Morgan fingerprint density at radius 2 is 1.88 bits per heavy atom. The lowest BCUT2D eigenvalue weighted by Gasteiger charge is -2.27. The van der Waals surface area contributed by atoms with Crippen LogP contribution < -0.4 is 15.5 Å². The van der Waals surface area contributed by atoms with Crippen molar-refractivity contribution in [3.8, 4) is 0 Å². The normalized spacial score (nSPS) is 14.3. The molecule has 1 aromatic heterocycles. The first-order valence-electron chi connectivity index (χ1n) is 8.52. The second-order valence-corrected chi connectivity index (χ2v) is 6.24. The number of benzene rings is 1. The van der Waals surface area contributed by atoms with Crippen molar-refractivity contribution in [2.75, 3.05) is 23.3 Å². The minimum absolute atomic E-state index is 0.199. The first-order valence-corrected chi connectivity index (χ1v) is 8.52. The summed E-state index contributed by atoms with van der Waals surface area (Å²) in [6.07, 6.45) is 5.57. The van der Waals surface area contributed by atoms with Gasteiger partial charge in [-0.15, -0.1) is 0 Å². The maximum Gasteiger partial charge on any atom is 0.319 e. The van der Waals surface area contributed by atoms with Crippen molar-refractivity contribution in [1.82, 2.24) is 10.3 Å². The summed E-state index contributed by atoms with van der Waals surface area (Å²) in [5, 5.41) is 5.74. The third-order valence-corrected chi connectivity index (χ3v) is 4.25. The summed E-state index contributed by atoms with van der Waals surface area (Å²) in [6, 6.07) is 11.6. The molecule has 2 aromatic rings. The Morgan fingerprint density at radius 1 is 1.12 bits per heavy atom. The van der Waals surface area contributed by atoms with Crippen LogP contribution in [0.4, 0.5) is 16.3 Å². The number of anilines is 2. The van der Waals surface area contributed by atoms with E-state index in [1.807, 2.05) is 43.5 Å². The Hall–Kier alpha value is -2.56. The number of urea groups is 1. The predicted molar refractivity (Wildman–Crippen MR) is 97.3 cm³/mol. The van der Waals surface area contributed by atoms with Gasteiger partial charge in [0.1, 0.15) is 5.82 Å². The van der Waals surface area contributed by atoms with Gasteiger partial charge in [-0.2, -0.15) is 0 Å². The number of nitrogens with one attached hydrogen (secondary N) is 2. The molecule has 0 atom stereocenters. The van der Waals surface area contributed by atoms with E-state index in [2.05, 4.69) is 26.6 Å². The Labute approximate surface area is 143 Å². The van der Waals surface area contributed by atoms with Crippen LogP contribution in [0.1, 0.15) is 30.4 Å². The average molecular weight is 324 g/mol. The number of aryl methyl sites for hydroxylation is 1. The first-order chi connectivity index (χ1) is 11.7. The molecule has 0 bridgehead atoms. The Morgan fingerprint density at radius 3 is 2.62 bits per heavy atom. The highest BCUT2D eigenvalue weighted by Crippen LogP contribution is 2.18. The van der Waals surface area contributed by atoms with Crippen molar-refractivity contribution in [2.45, 2.75) is 32.7 Å². The number of rotatable bonds is 4. The molecule has 126 valence electrons. The fourth-order valence-electron chi connectivity index (χ4n) is 2.86. The largest absolute Gasteiger partial charge is 0.357 e. The van der Waals surface area contributed by atoms with Crippen molar-refractivity contribution >= 4 is 17.5 Å². The van der Waals surface area contributed by atoms with E-state index in [9.17, 15) is 4.79 Å². The molecule has 5 heteroatoms. The Bertz CT molecular complexity index is 678. The van der Waals surface area contributed by atoms with Gasteiger partial charge in [0.15, 0.2) is 0 Å². The zero-order valence-corrected chi connectivity index (χ0v) is 14.1. The van der Waals surface area contributed by atoms with Crippen LogP contribution in [0.5, 0.6) is 0 Å². The summed E-state index contributed by atoms with van der Waals surface area (Å²) in [6.45, 7) is 4.64. The molecule has 5 nitrogen and oxygen atoms in total. The van der Waals surface area contributed by atoms with Crippen molar-refractivity contribution in [3.05, 3.63) is 53.7 Å². The van der Waals surface area contributed by atoms with E-state index in [0.29, 0.717) is 6.54 Å². The van der Waals surface area contributed by atoms with Crippen LogP contribution >= 0.6 is 0 Å². The second kappa shape index (κ2) is 7.81. The van der Waals surface area contributed by atoms with Crippen LogP contribution in [0.15, 0.2) is 42.6 Å². The van der Waals surface area contributed by atoms with Crippen molar-refractivity contribution in [2.24, 2.45) is 0 Å². The summed E-state index contributed by atoms with van der Waals surface area (Å²) in [7, 11) is 0. The van der Waals surface area contributed by atoms with Crippen LogP contribution in [0.2, 0.25) is 0 Å². The van der Waals surface area contributed by atoms with Gasteiger partial charge in [0.2, 0.25) is 0 Å². The average Bonchev–Trinajstić information content (AvgIpc) is 2.63. The molecule has 1 aliphatic rings. The van der Waals surface area contributed by atoms with E-state index >= 15 is 0 Å². The number of hydrogen-bond acceptors (Lipinski definition) is 3. The summed E-state index contributed by atoms with van der Waals surface area (Å²) >= 11 is 0. The second-order valence-electron chi connectivity index (χ2n) is 6.24. The number of aromatic nitrogens is 1. The maximum absolute atomic E-state index is 12.0. The lowest BCUT2D eigenvalue weighted by molar-refractivity contribution is 0.251. The molecule has 0 aliphatic carbocycles. The quantitative estimate of drug-likeness (QED) is 0.901. The van der Waals surface area contributed by atoms with E-state index in [4.69, 9.17) is 0 Å². The molecule has 1 aromatic carbocycles. The van der Waals surface area contributed by atoms with Gasteiger partial charge >= 0.3 is 6.03 Å². The number of hydrogen-bond donors (Lipinski definition) is 2. The van der Waals surface area contributed by atoms with Crippen LogP contribution in [0.25, 0.3) is 0 Å². The molecule has 1 fully saturated rings. The monoisotopic (exact) mass is 324 g/mol. The summed E-state index contributed by atoms with van der Waals surface area (Å²) < 4.78 is 0. The van der Waals surface area contributed by atoms with Gasteiger partial charge in [-0.1, -0.05) is 17.7 Å². The van der Waals surface area contributed by atoms with E-state index in [1.54, 1.807) is 0 Å². The van der Waals surface area contributed by atoms with Gasteiger partial charge in [0.05, 0.1) is 0 Å². The first kappa shape index (κ1) is 16.3. The molecular weight excluding hydrogens is 300 g/mol. The molecule has 0 saturated carbocycles. The van der Waals surface area contributed by atoms with Gasteiger partial charge in [-0.05, 0) is 56.0 Å². The lowest BCUT2D eigenvalue weighted by atomic mass is 10.1. The van der Waals surface area contributed by atoms with Crippen molar-refractivity contribution in [1.29, 1.82) is 0 Å². The number of pyridine rings is 1. The third kappa shape index (κ3) is 4.47. The molecule has 1 saturated heterocycles. The standard InChI is InChI=1S/C19H24N4O/c1-15-5-7-17(8-6-15)22-19(24)21-14-16-9-10-20-18(13-16)23-11-3-2-4-12-23/h5-10,13H,2-4,11-12,14H2,1H3,(H2,21,22,24). The topological polar surface area (TPSA) is 57.3 Å². The molecule has 0 unspecified atom stereocenters.